The molecule has 4 rings (SSSR count). The summed E-state index contributed by atoms with van der Waals surface area (Å²) in [5.41, 5.74) is -3.49. The van der Waals surface area contributed by atoms with Crippen LogP contribution in [0.1, 0.15) is 27.6 Å². The van der Waals surface area contributed by atoms with Crippen molar-refractivity contribution in [2.45, 2.75) is 13.1 Å². The van der Waals surface area contributed by atoms with E-state index >= 15 is 0 Å². The molecule has 0 fully saturated rings. The molecular weight excluding hydrogens is 546 g/mol. The molecule has 38 heavy (non-hydrogen) atoms. The number of esters is 1. The van der Waals surface area contributed by atoms with E-state index in [-0.39, 0.29) is 26.8 Å². The summed E-state index contributed by atoms with van der Waals surface area (Å²) in [6.45, 7) is 1.26. The number of ether oxygens (including phenoxy) is 1. The van der Waals surface area contributed by atoms with Gasteiger partial charge in [0.15, 0.2) is 10.1 Å². The van der Waals surface area contributed by atoms with Gasteiger partial charge in [-0.2, -0.15) is 0 Å². The second kappa shape index (κ2) is 10.5. The number of benzene rings is 2. The van der Waals surface area contributed by atoms with Crippen molar-refractivity contribution in [1.82, 2.24) is 10.6 Å². The summed E-state index contributed by atoms with van der Waals surface area (Å²) in [6, 6.07) is 6.21. The zero-order valence-electron chi connectivity index (χ0n) is 19.2. The number of carbonyl (C=O) groups is 3. The SMILES string of the molecule is CCOC(=O)C(NC(=O)c1c(O)sc2cc(F)ccc2c1=O)NC(=O)c1c(O)sc2cc(F)ccc2c1=O. The standard InChI is InChI=1S/C24H16F2N2O8S2/c1-2-36-22(33)19(27-20(31)15-17(29)11-5-3-9(25)7-13(11)37-23(15)34)28-21(32)16-18(30)12-6-4-10(26)8-14(12)38-24(16)35/h3-8,19,34-35H,2H2,1H3,(H,27,31)(H,28,32). The van der Waals surface area contributed by atoms with E-state index in [4.69, 9.17) is 4.74 Å². The van der Waals surface area contributed by atoms with Crippen LogP contribution in [0.15, 0.2) is 46.0 Å². The van der Waals surface area contributed by atoms with Gasteiger partial charge in [-0.25, -0.2) is 13.6 Å². The monoisotopic (exact) mass is 562 g/mol. The Bertz CT molecular complexity index is 1630. The number of fused-ring (bicyclic) bond motifs is 2. The molecule has 0 aliphatic heterocycles. The molecule has 196 valence electrons. The molecule has 0 aliphatic carbocycles. The molecule has 14 heteroatoms. The third-order valence-corrected chi connectivity index (χ3v) is 7.11. The molecule has 0 radical (unpaired) electrons. The Balaban J connectivity index is 1.69. The third kappa shape index (κ3) is 5.03. The molecule has 0 atom stereocenters. The van der Waals surface area contributed by atoms with Crippen LogP contribution < -0.4 is 21.5 Å². The maximum atomic E-state index is 13.5. The molecule has 2 aromatic heterocycles. The summed E-state index contributed by atoms with van der Waals surface area (Å²) in [5, 5.41) is 23.0. The van der Waals surface area contributed by atoms with Crippen LogP contribution in [-0.2, 0) is 9.53 Å². The van der Waals surface area contributed by atoms with Gasteiger partial charge in [0, 0.05) is 20.2 Å². The lowest BCUT2D eigenvalue weighted by Gasteiger charge is -2.19. The highest BCUT2D eigenvalue weighted by Gasteiger charge is 2.30. The first-order chi connectivity index (χ1) is 18.0. The minimum absolute atomic E-state index is 0.0650. The first kappa shape index (κ1) is 26.6. The van der Waals surface area contributed by atoms with Gasteiger partial charge in [-0.3, -0.25) is 19.2 Å². The van der Waals surface area contributed by atoms with Gasteiger partial charge in [-0.15, -0.1) is 0 Å². The van der Waals surface area contributed by atoms with Crippen molar-refractivity contribution in [2.24, 2.45) is 0 Å². The van der Waals surface area contributed by atoms with Gasteiger partial charge in [0.05, 0.1) is 6.61 Å². The number of nitrogens with one attached hydrogen (secondary N) is 2. The lowest BCUT2D eigenvalue weighted by atomic mass is 10.1. The maximum Gasteiger partial charge on any atom is 0.349 e. The molecule has 2 aromatic carbocycles. The molecule has 0 aliphatic rings. The fraction of sp³-hybridized carbons (Fsp3) is 0.125. The average molecular weight is 563 g/mol. The summed E-state index contributed by atoms with van der Waals surface area (Å²) in [5.74, 6) is -5.09. The van der Waals surface area contributed by atoms with E-state index in [2.05, 4.69) is 10.6 Å². The van der Waals surface area contributed by atoms with Crippen molar-refractivity contribution in [3.8, 4) is 10.1 Å². The Kier molecular flexibility index (Phi) is 7.37. The van der Waals surface area contributed by atoms with E-state index in [1.807, 2.05) is 0 Å². The van der Waals surface area contributed by atoms with Gasteiger partial charge >= 0.3 is 5.97 Å². The van der Waals surface area contributed by atoms with Crippen LogP contribution in [0, 0.1) is 11.6 Å². The van der Waals surface area contributed by atoms with Crippen LogP contribution in [0.4, 0.5) is 8.78 Å². The molecule has 2 heterocycles. The summed E-state index contributed by atoms with van der Waals surface area (Å²) >= 11 is 1.08. The van der Waals surface area contributed by atoms with Gasteiger partial charge < -0.3 is 25.6 Å². The van der Waals surface area contributed by atoms with E-state index in [1.165, 1.54) is 6.92 Å². The highest BCUT2D eigenvalue weighted by atomic mass is 32.1. The predicted molar refractivity (Wildman–Crippen MR) is 135 cm³/mol. The van der Waals surface area contributed by atoms with Crippen LogP contribution in [0.5, 0.6) is 10.1 Å². The Morgan fingerprint density at radius 2 is 1.26 bits per heavy atom. The second-order valence-corrected chi connectivity index (χ2v) is 9.70. The van der Waals surface area contributed by atoms with Crippen LogP contribution >= 0.6 is 22.7 Å². The predicted octanol–water partition coefficient (Wildman–Crippen LogP) is 2.57. The number of hydrogen-bond donors (Lipinski definition) is 4. The summed E-state index contributed by atoms with van der Waals surface area (Å²) < 4.78 is 32.0. The summed E-state index contributed by atoms with van der Waals surface area (Å²) in [4.78, 5) is 64.0. The van der Waals surface area contributed by atoms with Crippen molar-refractivity contribution in [1.29, 1.82) is 0 Å². The van der Waals surface area contributed by atoms with E-state index < -0.39 is 67.7 Å². The number of rotatable bonds is 6. The van der Waals surface area contributed by atoms with E-state index in [0.717, 1.165) is 36.4 Å². The smallest absolute Gasteiger partial charge is 0.349 e. The molecule has 2 amide bonds. The molecule has 0 bridgehead atoms. The van der Waals surface area contributed by atoms with Gasteiger partial charge in [-0.05, 0) is 43.3 Å². The number of amides is 2. The first-order valence-corrected chi connectivity index (χ1v) is 12.3. The number of carbonyl (C=O) groups excluding carboxylic acids is 3. The third-order valence-electron chi connectivity index (χ3n) is 5.20. The van der Waals surface area contributed by atoms with E-state index in [9.17, 15) is 43.0 Å². The molecule has 4 aromatic rings. The second-order valence-electron chi connectivity index (χ2n) is 7.64. The Morgan fingerprint density at radius 3 is 1.66 bits per heavy atom. The van der Waals surface area contributed by atoms with Gasteiger partial charge in [0.2, 0.25) is 17.0 Å². The van der Waals surface area contributed by atoms with Gasteiger partial charge in [-0.1, -0.05) is 22.7 Å². The molecule has 4 N–H and O–H groups in total. The van der Waals surface area contributed by atoms with Crippen molar-refractivity contribution in [3.05, 3.63) is 79.6 Å². The molecule has 0 saturated carbocycles. The first-order valence-electron chi connectivity index (χ1n) is 10.7. The highest BCUT2D eigenvalue weighted by molar-refractivity contribution is 7.20. The summed E-state index contributed by atoms with van der Waals surface area (Å²) in [7, 11) is 0. The molecule has 0 unspecified atom stereocenters. The van der Waals surface area contributed by atoms with Crippen molar-refractivity contribution in [3.63, 3.8) is 0 Å². The number of hydrogen-bond acceptors (Lipinski definition) is 10. The van der Waals surface area contributed by atoms with Crippen LogP contribution in [0.3, 0.4) is 0 Å². The van der Waals surface area contributed by atoms with E-state index in [0.29, 0.717) is 22.7 Å². The highest BCUT2D eigenvalue weighted by Crippen LogP contribution is 2.29. The quantitative estimate of drug-likeness (QED) is 0.206. The van der Waals surface area contributed by atoms with Crippen molar-refractivity contribution >= 4 is 60.6 Å². The lowest BCUT2D eigenvalue weighted by Crippen LogP contribution is -2.54. The Labute approximate surface area is 218 Å². The Hall–Kier alpha value is -4.43. The van der Waals surface area contributed by atoms with Crippen LogP contribution in [0.25, 0.3) is 20.2 Å². The number of halogens is 2. The van der Waals surface area contributed by atoms with Gasteiger partial charge in [0.25, 0.3) is 11.8 Å². The Morgan fingerprint density at radius 1 is 0.842 bits per heavy atom. The molecule has 10 nitrogen and oxygen atoms in total. The minimum Gasteiger partial charge on any atom is -0.499 e. The fourth-order valence-corrected chi connectivity index (χ4v) is 5.37. The largest absolute Gasteiger partial charge is 0.499 e. The van der Waals surface area contributed by atoms with Crippen molar-refractivity contribution < 1.29 is 38.1 Å². The minimum atomic E-state index is -1.96. The normalized spacial score (nSPS) is 11.1. The van der Waals surface area contributed by atoms with Crippen molar-refractivity contribution in [2.75, 3.05) is 6.61 Å². The van der Waals surface area contributed by atoms with Crippen LogP contribution in [-0.4, -0.2) is 40.8 Å². The van der Waals surface area contributed by atoms with Crippen LogP contribution in [0.2, 0.25) is 0 Å². The molecule has 0 spiro atoms. The molecule has 0 saturated heterocycles. The maximum absolute atomic E-state index is 13.5. The van der Waals surface area contributed by atoms with E-state index in [1.54, 1.807) is 0 Å². The lowest BCUT2D eigenvalue weighted by molar-refractivity contribution is -0.146. The topological polar surface area (TPSA) is 159 Å². The fourth-order valence-electron chi connectivity index (χ4n) is 3.50. The zero-order valence-corrected chi connectivity index (χ0v) is 20.8. The van der Waals surface area contributed by atoms with Gasteiger partial charge in [0.1, 0.15) is 22.8 Å². The molecular formula is C24H16F2N2O8S2. The average Bonchev–Trinajstić information content (AvgIpc) is 2.83. The zero-order chi connectivity index (χ0) is 27.7. The number of aromatic hydroxyl groups is 2. The summed E-state index contributed by atoms with van der Waals surface area (Å²) in [6.07, 6.45) is -1.96.